The van der Waals surface area contributed by atoms with E-state index in [4.69, 9.17) is 4.74 Å². The molecular formula is C15H18N2O4. The maximum Gasteiger partial charge on any atom is 0.411 e. The third-order valence-electron chi connectivity index (χ3n) is 3.39. The van der Waals surface area contributed by atoms with Crippen LogP contribution in [0.4, 0.5) is 16.2 Å². The summed E-state index contributed by atoms with van der Waals surface area (Å²) < 4.78 is 5.23. The van der Waals surface area contributed by atoms with Gasteiger partial charge < -0.3 is 9.84 Å². The van der Waals surface area contributed by atoms with Crippen molar-refractivity contribution in [1.29, 1.82) is 0 Å². The molecule has 0 aliphatic carbocycles. The summed E-state index contributed by atoms with van der Waals surface area (Å²) in [7, 11) is 0. The lowest BCUT2D eigenvalue weighted by Crippen LogP contribution is -2.27. The molecule has 2 atom stereocenters. The summed E-state index contributed by atoms with van der Waals surface area (Å²) >= 11 is 0. The smallest absolute Gasteiger partial charge is 0.411 e. The minimum atomic E-state index is -0.950. The molecule has 0 radical (unpaired) electrons. The highest BCUT2D eigenvalue weighted by Gasteiger charge is 2.23. The highest BCUT2D eigenvalue weighted by molar-refractivity contribution is 6.02. The molecule has 2 unspecified atom stereocenters. The number of anilines is 1. The van der Waals surface area contributed by atoms with E-state index in [0.717, 1.165) is 5.56 Å². The summed E-state index contributed by atoms with van der Waals surface area (Å²) in [6, 6.07) is 5.28. The zero-order chi connectivity index (χ0) is 15.6. The largest absolute Gasteiger partial charge is 0.481 e. The molecule has 0 fully saturated rings. The molecule has 2 heterocycles. The van der Waals surface area contributed by atoms with Gasteiger partial charge in [-0.25, -0.2) is 4.79 Å². The second-order valence-electron chi connectivity index (χ2n) is 5.21. The predicted octanol–water partition coefficient (Wildman–Crippen LogP) is 3.13. The van der Waals surface area contributed by atoms with E-state index >= 15 is 0 Å². The average molecular weight is 290 g/mol. The van der Waals surface area contributed by atoms with Crippen LogP contribution in [0.5, 0.6) is 0 Å². The first-order valence-electron chi connectivity index (χ1n) is 6.75. The van der Waals surface area contributed by atoms with E-state index in [1.165, 1.54) is 0 Å². The van der Waals surface area contributed by atoms with E-state index in [1.54, 1.807) is 32.0 Å². The lowest BCUT2D eigenvalue weighted by atomic mass is 10.0. The van der Waals surface area contributed by atoms with E-state index in [2.05, 4.69) is 10.3 Å². The molecule has 0 saturated carbocycles. The van der Waals surface area contributed by atoms with Gasteiger partial charge in [0.1, 0.15) is 6.10 Å². The molecule has 0 saturated heterocycles. The van der Waals surface area contributed by atoms with Crippen LogP contribution >= 0.6 is 0 Å². The number of nitrogens with one attached hydrogen (secondary N) is 1. The van der Waals surface area contributed by atoms with Crippen LogP contribution in [0.25, 0.3) is 0 Å². The molecule has 0 spiro atoms. The van der Waals surface area contributed by atoms with Crippen LogP contribution in [0.15, 0.2) is 23.2 Å². The summed E-state index contributed by atoms with van der Waals surface area (Å²) in [6.45, 7) is 5.14. The van der Waals surface area contributed by atoms with Crippen molar-refractivity contribution >= 4 is 29.1 Å². The van der Waals surface area contributed by atoms with Gasteiger partial charge in [-0.15, -0.1) is 0 Å². The Morgan fingerprint density at radius 3 is 2.86 bits per heavy atom. The van der Waals surface area contributed by atoms with Gasteiger partial charge in [-0.05, 0) is 44.5 Å². The number of carboxylic acid groups (broad SMARTS) is 1. The molecule has 3 rings (SSSR count). The Kier molecular flexibility index (Phi) is 4.26. The fourth-order valence-electron chi connectivity index (χ4n) is 2.14. The van der Waals surface area contributed by atoms with Crippen molar-refractivity contribution in [3.8, 4) is 0 Å². The van der Waals surface area contributed by atoms with Crippen LogP contribution in [0.1, 0.15) is 25.8 Å². The van der Waals surface area contributed by atoms with Gasteiger partial charge in [-0.1, -0.05) is 0 Å². The van der Waals surface area contributed by atoms with Gasteiger partial charge in [-0.2, -0.15) is 0 Å². The number of benzene rings is 1. The van der Waals surface area contributed by atoms with Gasteiger partial charge in [0, 0.05) is 17.8 Å². The second-order valence-corrected chi connectivity index (χ2v) is 5.21. The number of hydrogen-bond acceptors (Lipinski definition) is 4. The average Bonchev–Trinajstić information content (AvgIpc) is 2.42. The van der Waals surface area contributed by atoms with Gasteiger partial charge in [0.15, 0.2) is 0 Å². The quantitative estimate of drug-likeness (QED) is 0.875. The van der Waals surface area contributed by atoms with Gasteiger partial charge in [-0.3, -0.25) is 15.1 Å². The normalized spacial score (nSPS) is 19.9. The molecule has 2 aliphatic heterocycles. The van der Waals surface area contributed by atoms with Crippen molar-refractivity contribution in [2.24, 2.45) is 10.9 Å². The van der Waals surface area contributed by atoms with Gasteiger partial charge in [0.05, 0.1) is 11.6 Å². The summed E-state index contributed by atoms with van der Waals surface area (Å²) in [5, 5.41) is 11.9. The molecule has 2 aliphatic rings. The van der Waals surface area contributed by atoms with E-state index in [1.807, 2.05) is 6.92 Å². The molecule has 2 bridgehead atoms. The monoisotopic (exact) mass is 290 g/mol. The minimum absolute atomic E-state index is 0.278. The molecule has 6 nitrogen and oxygen atoms in total. The topological polar surface area (TPSA) is 88.0 Å². The summed E-state index contributed by atoms with van der Waals surface area (Å²) in [6.07, 6.45) is -0.729. The predicted molar refractivity (Wildman–Crippen MR) is 79.3 cm³/mol. The number of hydrogen-bond donors (Lipinski definition) is 2. The number of aliphatic carboxylic acids is 1. The Morgan fingerprint density at radius 2 is 2.24 bits per heavy atom. The lowest BCUT2D eigenvalue weighted by Gasteiger charge is -2.16. The SMILES string of the molecule is Cc1cc2ccc1NC(=O)OC(C)CC(C(C)C(=O)O)=N2. The number of aryl methyl sites for hydroxylation is 1. The van der Waals surface area contributed by atoms with Crippen molar-refractivity contribution in [2.75, 3.05) is 5.32 Å². The van der Waals surface area contributed by atoms with E-state index in [9.17, 15) is 14.7 Å². The summed E-state index contributed by atoms with van der Waals surface area (Å²) in [5.74, 6) is -1.69. The van der Waals surface area contributed by atoms with Crippen LogP contribution < -0.4 is 5.32 Å². The van der Waals surface area contributed by atoms with Crippen molar-refractivity contribution < 1.29 is 19.4 Å². The number of fused-ring (bicyclic) bond motifs is 7. The first-order valence-corrected chi connectivity index (χ1v) is 6.75. The summed E-state index contributed by atoms with van der Waals surface area (Å²) in [5.41, 5.74) is 2.64. The third kappa shape index (κ3) is 3.59. The van der Waals surface area contributed by atoms with Gasteiger partial charge >= 0.3 is 12.1 Å². The zero-order valence-corrected chi connectivity index (χ0v) is 12.2. The number of rotatable bonds is 2. The number of carbonyl (C=O) groups excluding carboxylic acids is 1. The molecule has 0 aromatic heterocycles. The number of ether oxygens (including phenoxy) is 1. The standard InChI is InChI=1S/C15H18N2O4/c1-8-6-11-4-5-12(8)17-15(20)21-9(2)7-13(16-11)10(3)14(18)19/h4-6,9-10H,7H2,1-3H3,(H,17,20)(H,18,19). The molecule has 1 aromatic carbocycles. The number of aliphatic imine (C=N–C) groups is 1. The first-order chi connectivity index (χ1) is 9.86. The Balaban J connectivity index is 2.48. The molecular weight excluding hydrogens is 272 g/mol. The molecule has 1 aromatic rings. The number of carboxylic acids is 1. The van der Waals surface area contributed by atoms with E-state index in [0.29, 0.717) is 17.1 Å². The fourth-order valence-corrected chi connectivity index (χ4v) is 2.14. The molecule has 112 valence electrons. The maximum atomic E-state index is 11.8. The van der Waals surface area contributed by atoms with Crippen LogP contribution in [0.3, 0.4) is 0 Å². The van der Waals surface area contributed by atoms with Crippen LogP contribution in [0, 0.1) is 12.8 Å². The van der Waals surface area contributed by atoms with Crippen molar-refractivity contribution in [3.63, 3.8) is 0 Å². The maximum absolute atomic E-state index is 11.8. The number of nitrogens with zero attached hydrogens (tertiary/aromatic N) is 1. The summed E-state index contributed by atoms with van der Waals surface area (Å²) in [4.78, 5) is 27.4. The molecule has 2 N–H and O–H groups in total. The van der Waals surface area contributed by atoms with Gasteiger partial charge in [0.2, 0.25) is 0 Å². The van der Waals surface area contributed by atoms with Crippen LogP contribution in [-0.4, -0.2) is 29.0 Å². The third-order valence-corrected chi connectivity index (χ3v) is 3.39. The highest BCUT2D eigenvalue weighted by Crippen LogP contribution is 2.25. The van der Waals surface area contributed by atoms with E-state index in [-0.39, 0.29) is 6.42 Å². The molecule has 6 heteroatoms. The van der Waals surface area contributed by atoms with Crippen LogP contribution in [-0.2, 0) is 9.53 Å². The number of amides is 1. The zero-order valence-electron chi connectivity index (χ0n) is 12.2. The molecule has 21 heavy (non-hydrogen) atoms. The lowest BCUT2D eigenvalue weighted by molar-refractivity contribution is -0.138. The first kappa shape index (κ1) is 15.0. The number of carbonyl (C=O) groups is 2. The Labute approximate surface area is 122 Å². The minimum Gasteiger partial charge on any atom is -0.481 e. The van der Waals surface area contributed by atoms with Gasteiger partial charge in [0.25, 0.3) is 0 Å². The molecule has 1 amide bonds. The van der Waals surface area contributed by atoms with Crippen LogP contribution in [0.2, 0.25) is 0 Å². The van der Waals surface area contributed by atoms with Crippen molar-refractivity contribution in [2.45, 2.75) is 33.3 Å². The Hall–Kier alpha value is -2.37. The highest BCUT2D eigenvalue weighted by atomic mass is 16.6. The van der Waals surface area contributed by atoms with Crippen molar-refractivity contribution in [3.05, 3.63) is 23.8 Å². The Bertz CT molecular complexity index is 610. The van der Waals surface area contributed by atoms with Crippen molar-refractivity contribution in [1.82, 2.24) is 0 Å². The van der Waals surface area contributed by atoms with E-state index < -0.39 is 24.1 Å². The second kappa shape index (κ2) is 5.95. The Morgan fingerprint density at radius 1 is 1.52 bits per heavy atom. The fraction of sp³-hybridized carbons (Fsp3) is 0.400.